The normalized spacial score (nSPS) is 10.5. The van der Waals surface area contributed by atoms with Crippen LogP contribution in [-0.2, 0) is 0 Å². The summed E-state index contributed by atoms with van der Waals surface area (Å²) in [5, 5.41) is 0. The highest BCUT2D eigenvalue weighted by Crippen LogP contribution is 2.20. The maximum absolute atomic E-state index is 5.86. The van der Waals surface area contributed by atoms with Gasteiger partial charge in [-0.15, -0.1) is 0 Å². The fourth-order valence-corrected chi connectivity index (χ4v) is 4.81. The Bertz CT molecular complexity index is 946. The van der Waals surface area contributed by atoms with Gasteiger partial charge in [0.2, 0.25) is 0 Å². The van der Waals surface area contributed by atoms with E-state index in [1.54, 1.807) is 0 Å². The number of ether oxygens (including phenoxy) is 1. The molecule has 0 saturated carbocycles. The van der Waals surface area contributed by atoms with Crippen LogP contribution in [0, 0.1) is 7.14 Å². The lowest BCUT2D eigenvalue weighted by molar-refractivity contribution is -0.597. The van der Waals surface area contributed by atoms with Gasteiger partial charge in [-0.1, -0.05) is 48.5 Å². The summed E-state index contributed by atoms with van der Waals surface area (Å²) >= 11 is -0.183. The summed E-state index contributed by atoms with van der Waals surface area (Å²) in [6.07, 6.45) is 0. The van der Waals surface area contributed by atoms with Crippen LogP contribution in [0.4, 0.5) is 0 Å². The molecule has 0 heterocycles. The van der Waals surface area contributed by atoms with E-state index in [4.69, 9.17) is 4.74 Å². The van der Waals surface area contributed by atoms with E-state index in [1.165, 1.54) is 18.3 Å². The highest BCUT2D eigenvalue weighted by Gasteiger charge is 2.15. The van der Waals surface area contributed by atoms with E-state index < -0.39 is 0 Å². The number of halogens is 1. The molecule has 0 aliphatic carbocycles. The van der Waals surface area contributed by atoms with Crippen molar-refractivity contribution >= 4 is 0 Å². The van der Waals surface area contributed by atoms with Crippen molar-refractivity contribution in [1.29, 1.82) is 0 Å². The van der Waals surface area contributed by atoms with Crippen LogP contribution in [0.2, 0.25) is 0 Å². The molecule has 126 valence electrons. The van der Waals surface area contributed by atoms with Gasteiger partial charge in [0.15, 0.2) is 7.14 Å². The largest absolute Gasteiger partial charge is 0.457 e. The van der Waals surface area contributed by atoms with E-state index in [9.17, 15) is 0 Å². The molecule has 4 aromatic rings. The van der Waals surface area contributed by atoms with E-state index in [1.807, 2.05) is 30.3 Å². The van der Waals surface area contributed by atoms with E-state index in [-0.39, 0.29) is 21.2 Å². The molecule has 0 bridgehead atoms. The van der Waals surface area contributed by atoms with Gasteiger partial charge in [-0.05, 0) is 71.8 Å². The van der Waals surface area contributed by atoms with Gasteiger partial charge in [-0.3, -0.25) is 0 Å². The van der Waals surface area contributed by atoms with Crippen molar-refractivity contribution in [3.8, 4) is 22.6 Å². The first-order valence-electron chi connectivity index (χ1n) is 8.50. The maximum Gasteiger partial charge on any atom is 0.357 e. The molecule has 0 radical (unpaired) electrons. The standard InChI is InChI=1S/C24H18IO/c1-3-7-19(8-4-1)20-11-13-21(14-12-20)25-22-15-17-24(18-16-22)26-23-9-5-2-6-10-23/h1-18H/q+1. The number of para-hydroxylation sites is 1. The molecule has 0 unspecified atom stereocenters. The minimum atomic E-state index is -0.183. The number of rotatable bonds is 5. The van der Waals surface area contributed by atoms with Crippen LogP contribution in [-0.4, -0.2) is 0 Å². The van der Waals surface area contributed by atoms with Crippen molar-refractivity contribution in [3.05, 3.63) is 116 Å². The Kier molecular flexibility index (Phi) is 5.31. The Morgan fingerprint density at radius 2 is 0.885 bits per heavy atom. The second-order valence-corrected chi connectivity index (χ2v) is 8.87. The number of benzene rings is 4. The Morgan fingerprint density at radius 3 is 1.50 bits per heavy atom. The average molecular weight is 449 g/mol. The topological polar surface area (TPSA) is 9.23 Å². The fourth-order valence-electron chi connectivity index (χ4n) is 2.65. The van der Waals surface area contributed by atoms with Crippen molar-refractivity contribution < 1.29 is 25.9 Å². The van der Waals surface area contributed by atoms with Gasteiger partial charge < -0.3 is 4.74 Å². The zero-order valence-corrected chi connectivity index (χ0v) is 16.3. The predicted octanol–water partition coefficient (Wildman–Crippen LogP) is 3.27. The smallest absolute Gasteiger partial charge is 0.357 e. The zero-order valence-electron chi connectivity index (χ0n) is 14.2. The first kappa shape index (κ1) is 16.9. The lowest BCUT2D eigenvalue weighted by Gasteiger charge is -2.04. The summed E-state index contributed by atoms with van der Waals surface area (Å²) in [5.74, 6) is 1.75. The van der Waals surface area contributed by atoms with Crippen molar-refractivity contribution in [3.63, 3.8) is 0 Å². The van der Waals surface area contributed by atoms with Crippen LogP contribution in [0.25, 0.3) is 11.1 Å². The minimum Gasteiger partial charge on any atom is -0.457 e. The Morgan fingerprint density at radius 1 is 0.423 bits per heavy atom. The third-order valence-corrected chi connectivity index (χ3v) is 6.65. The van der Waals surface area contributed by atoms with E-state index in [0.29, 0.717) is 0 Å². The van der Waals surface area contributed by atoms with E-state index in [0.717, 1.165) is 11.5 Å². The molecule has 4 aromatic carbocycles. The Hall–Kier alpha value is -2.59. The maximum atomic E-state index is 5.86. The Labute approximate surface area is 164 Å². The molecule has 0 saturated heterocycles. The first-order valence-corrected chi connectivity index (χ1v) is 10.7. The molecular formula is C24H18IO+. The van der Waals surface area contributed by atoms with Gasteiger partial charge in [0.25, 0.3) is 0 Å². The van der Waals surface area contributed by atoms with Gasteiger partial charge in [0, 0.05) is 0 Å². The lowest BCUT2D eigenvalue weighted by atomic mass is 10.1. The molecule has 0 atom stereocenters. The Balaban J connectivity index is 1.42. The summed E-state index contributed by atoms with van der Waals surface area (Å²) in [6.45, 7) is 0. The van der Waals surface area contributed by atoms with Crippen LogP contribution in [0.5, 0.6) is 11.5 Å². The summed E-state index contributed by atoms with van der Waals surface area (Å²) in [5.41, 5.74) is 2.53. The van der Waals surface area contributed by atoms with Gasteiger partial charge in [0.05, 0.1) is 0 Å². The molecule has 1 nitrogen and oxygen atoms in total. The van der Waals surface area contributed by atoms with E-state index >= 15 is 0 Å². The third kappa shape index (κ3) is 4.33. The minimum absolute atomic E-state index is 0.183. The van der Waals surface area contributed by atoms with Gasteiger partial charge in [-0.25, -0.2) is 0 Å². The van der Waals surface area contributed by atoms with Crippen LogP contribution in [0.3, 0.4) is 0 Å². The number of hydrogen-bond donors (Lipinski definition) is 0. The van der Waals surface area contributed by atoms with Gasteiger partial charge in [-0.2, -0.15) is 0 Å². The molecule has 0 aromatic heterocycles. The zero-order chi connectivity index (χ0) is 17.6. The second-order valence-electron chi connectivity index (χ2n) is 5.84. The quantitative estimate of drug-likeness (QED) is 0.425. The van der Waals surface area contributed by atoms with Gasteiger partial charge >= 0.3 is 21.2 Å². The molecule has 0 spiro atoms. The van der Waals surface area contributed by atoms with Crippen molar-refractivity contribution in [2.75, 3.05) is 0 Å². The molecular weight excluding hydrogens is 431 g/mol. The van der Waals surface area contributed by atoms with Crippen LogP contribution >= 0.6 is 0 Å². The average Bonchev–Trinajstić information content (AvgIpc) is 2.72. The lowest BCUT2D eigenvalue weighted by Crippen LogP contribution is -3.61. The molecule has 0 fully saturated rings. The second kappa shape index (κ2) is 8.19. The summed E-state index contributed by atoms with van der Waals surface area (Å²) < 4.78 is 8.66. The fraction of sp³-hybridized carbons (Fsp3) is 0. The monoisotopic (exact) mass is 449 g/mol. The third-order valence-electron chi connectivity index (χ3n) is 3.96. The van der Waals surface area contributed by atoms with E-state index in [2.05, 4.69) is 78.9 Å². The summed E-state index contributed by atoms with van der Waals surface area (Å²) in [7, 11) is 0. The predicted molar refractivity (Wildman–Crippen MR) is 102 cm³/mol. The molecule has 0 aliphatic heterocycles. The van der Waals surface area contributed by atoms with Crippen LogP contribution in [0.1, 0.15) is 0 Å². The summed E-state index contributed by atoms with van der Waals surface area (Å²) in [4.78, 5) is 0. The van der Waals surface area contributed by atoms with Gasteiger partial charge in [0.1, 0.15) is 11.5 Å². The first-order chi connectivity index (χ1) is 12.9. The SMILES string of the molecule is c1ccc(Oc2ccc([I+]c3ccc(-c4ccccc4)cc3)cc2)cc1. The van der Waals surface area contributed by atoms with Crippen molar-refractivity contribution in [1.82, 2.24) is 0 Å². The molecule has 4 rings (SSSR count). The van der Waals surface area contributed by atoms with Crippen LogP contribution < -0.4 is 25.9 Å². The molecule has 26 heavy (non-hydrogen) atoms. The highest BCUT2D eigenvalue weighted by molar-refractivity contribution is 5.62. The van der Waals surface area contributed by atoms with Crippen molar-refractivity contribution in [2.45, 2.75) is 0 Å². The highest BCUT2D eigenvalue weighted by atomic mass is 127. The molecule has 0 aliphatic rings. The van der Waals surface area contributed by atoms with Crippen LogP contribution in [0.15, 0.2) is 109 Å². The summed E-state index contributed by atoms with van der Waals surface area (Å²) in [6, 6.07) is 37.8. The number of hydrogen-bond acceptors (Lipinski definition) is 1. The molecule has 0 amide bonds. The van der Waals surface area contributed by atoms with Crippen molar-refractivity contribution in [2.24, 2.45) is 0 Å². The molecule has 2 heteroatoms. The molecule has 0 N–H and O–H groups in total.